The van der Waals surface area contributed by atoms with Crippen LogP contribution in [0.3, 0.4) is 0 Å². The Morgan fingerprint density at radius 1 is 1.22 bits per heavy atom. The van der Waals surface area contributed by atoms with Gasteiger partial charge >= 0.3 is 0 Å². The molecule has 1 heteroatoms. The van der Waals surface area contributed by atoms with E-state index in [1.54, 1.807) is 0 Å². The molecule has 9 heavy (non-hydrogen) atoms. The van der Waals surface area contributed by atoms with Crippen LogP contribution in [-0.2, 0) is 0 Å². The number of hydrogen-bond donors (Lipinski definition) is 0. The van der Waals surface area contributed by atoms with Gasteiger partial charge < -0.3 is 0 Å². The molecular weight excluding hydrogens is 110 g/mol. The Balaban J connectivity index is 2.32. The molecule has 0 spiro atoms. The Labute approximate surface area is 57.6 Å². The molecule has 1 nitrogen and oxygen atoms in total. The highest BCUT2D eigenvalue weighted by Gasteiger charge is 2.35. The van der Waals surface area contributed by atoms with E-state index < -0.39 is 0 Å². The summed E-state index contributed by atoms with van der Waals surface area (Å²) in [7, 11) is 0. The summed E-state index contributed by atoms with van der Waals surface area (Å²) in [5.74, 6) is 0.819. The quantitative estimate of drug-likeness (QED) is 0.474. The highest BCUT2D eigenvalue weighted by molar-refractivity contribution is 4.88. The molecule has 0 aliphatic heterocycles. The first-order chi connectivity index (χ1) is 4.00. The van der Waals surface area contributed by atoms with Crippen LogP contribution in [0.25, 0.3) is 0 Å². The van der Waals surface area contributed by atoms with Crippen molar-refractivity contribution in [1.82, 2.24) is 5.73 Å². The van der Waals surface area contributed by atoms with Crippen molar-refractivity contribution < 1.29 is 0 Å². The molecule has 0 aromatic rings. The zero-order chi connectivity index (χ0) is 7.07. The second-order valence-corrected chi connectivity index (χ2v) is 4.23. The van der Waals surface area contributed by atoms with Gasteiger partial charge in [-0.15, -0.1) is 0 Å². The van der Waals surface area contributed by atoms with E-state index in [4.69, 9.17) is 5.73 Å². The van der Waals surface area contributed by atoms with Gasteiger partial charge in [0.15, 0.2) is 0 Å². The van der Waals surface area contributed by atoms with Crippen molar-refractivity contribution in [2.75, 3.05) is 0 Å². The predicted molar refractivity (Wildman–Crippen MR) is 39.1 cm³/mol. The standard InChI is InChI=1S/C8H16N/c1-8(2,3)6-4-7(9)5-6/h6-7,9H,4-5H2,1-3H3. The van der Waals surface area contributed by atoms with Gasteiger partial charge in [-0.2, -0.15) is 0 Å². The lowest BCUT2D eigenvalue weighted by Crippen LogP contribution is -2.38. The fourth-order valence-electron chi connectivity index (χ4n) is 1.32. The molecule has 0 unspecified atom stereocenters. The monoisotopic (exact) mass is 126 g/mol. The molecule has 0 atom stereocenters. The smallest absolute Gasteiger partial charge is 0.0218 e. The Morgan fingerprint density at radius 2 is 1.67 bits per heavy atom. The number of hydrogen-bond acceptors (Lipinski definition) is 0. The van der Waals surface area contributed by atoms with Gasteiger partial charge in [0.05, 0.1) is 0 Å². The van der Waals surface area contributed by atoms with Crippen molar-refractivity contribution in [3.63, 3.8) is 0 Å². The summed E-state index contributed by atoms with van der Waals surface area (Å²) in [5, 5.41) is 0. The molecule has 0 amide bonds. The summed E-state index contributed by atoms with van der Waals surface area (Å²) >= 11 is 0. The second kappa shape index (κ2) is 1.98. The molecule has 1 saturated carbocycles. The molecule has 0 bridgehead atoms. The van der Waals surface area contributed by atoms with Crippen molar-refractivity contribution in [3.8, 4) is 0 Å². The van der Waals surface area contributed by atoms with E-state index in [1.165, 1.54) is 0 Å². The normalized spacial score (nSPS) is 36.0. The van der Waals surface area contributed by atoms with Gasteiger partial charge in [0.1, 0.15) is 0 Å². The predicted octanol–water partition coefficient (Wildman–Crippen LogP) is 2.09. The lowest BCUT2D eigenvalue weighted by Gasteiger charge is -2.41. The highest BCUT2D eigenvalue weighted by atomic mass is 14.7. The molecule has 1 radical (unpaired) electrons. The SMILES string of the molecule is CC(C)(C)C1CC([NH])C1. The van der Waals surface area contributed by atoms with Crippen molar-refractivity contribution in [3.05, 3.63) is 0 Å². The molecule has 1 aliphatic rings. The van der Waals surface area contributed by atoms with E-state index in [1.807, 2.05) is 0 Å². The maximum Gasteiger partial charge on any atom is 0.0218 e. The van der Waals surface area contributed by atoms with E-state index in [2.05, 4.69) is 20.8 Å². The van der Waals surface area contributed by atoms with E-state index in [9.17, 15) is 0 Å². The van der Waals surface area contributed by atoms with Crippen LogP contribution in [0.5, 0.6) is 0 Å². The maximum atomic E-state index is 7.32. The summed E-state index contributed by atoms with van der Waals surface area (Å²) in [6.45, 7) is 6.80. The minimum absolute atomic E-state index is 0.259. The average molecular weight is 126 g/mol. The van der Waals surface area contributed by atoms with E-state index in [0.29, 0.717) is 5.41 Å². The van der Waals surface area contributed by atoms with Gasteiger partial charge in [-0.1, -0.05) is 20.8 Å². The minimum Gasteiger partial charge on any atom is -0.254 e. The summed E-state index contributed by atoms with van der Waals surface area (Å²) in [6, 6.07) is 0.259. The third-order valence-corrected chi connectivity index (χ3v) is 2.36. The molecule has 1 rings (SSSR count). The number of rotatable bonds is 0. The average Bonchev–Trinajstić information content (AvgIpc) is 1.55. The largest absolute Gasteiger partial charge is 0.254 e. The van der Waals surface area contributed by atoms with Crippen LogP contribution >= 0.6 is 0 Å². The Kier molecular flexibility index (Phi) is 1.55. The maximum absolute atomic E-state index is 7.32. The molecule has 53 valence electrons. The molecule has 1 fully saturated rings. The zero-order valence-corrected chi connectivity index (χ0v) is 6.57. The van der Waals surface area contributed by atoms with Crippen LogP contribution < -0.4 is 5.73 Å². The van der Waals surface area contributed by atoms with Gasteiger partial charge in [0, 0.05) is 6.04 Å². The van der Waals surface area contributed by atoms with Crippen molar-refractivity contribution in [2.24, 2.45) is 11.3 Å². The third kappa shape index (κ3) is 1.45. The fourth-order valence-corrected chi connectivity index (χ4v) is 1.32. The number of nitrogens with one attached hydrogen (secondary N) is 1. The fraction of sp³-hybridized carbons (Fsp3) is 1.00. The third-order valence-electron chi connectivity index (χ3n) is 2.36. The first-order valence-electron chi connectivity index (χ1n) is 3.71. The van der Waals surface area contributed by atoms with Crippen LogP contribution in [0.1, 0.15) is 33.6 Å². The lowest BCUT2D eigenvalue weighted by atomic mass is 9.66. The van der Waals surface area contributed by atoms with Crippen LogP contribution in [0.4, 0.5) is 0 Å². The highest BCUT2D eigenvalue weighted by Crippen LogP contribution is 2.40. The van der Waals surface area contributed by atoms with Crippen LogP contribution in [0, 0.1) is 11.3 Å². The molecule has 1 aliphatic carbocycles. The molecule has 0 saturated heterocycles. The van der Waals surface area contributed by atoms with Crippen LogP contribution in [-0.4, -0.2) is 6.04 Å². The lowest BCUT2D eigenvalue weighted by molar-refractivity contribution is 0.114. The Morgan fingerprint density at radius 3 is 1.78 bits per heavy atom. The Hall–Kier alpha value is -0.0400. The van der Waals surface area contributed by atoms with Crippen molar-refractivity contribution >= 4 is 0 Å². The van der Waals surface area contributed by atoms with Crippen LogP contribution in [0.2, 0.25) is 0 Å². The van der Waals surface area contributed by atoms with Gasteiger partial charge in [-0.3, -0.25) is 5.73 Å². The summed E-state index contributed by atoms with van der Waals surface area (Å²) < 4.78 is 0. The van der Waals surface area contributed by atoms with Crippen molar-refractivity contribution in [1.29, 1.82) is 0 Å². The molecule has 0 aromatic heterocycles. The topological polar surface area (TPSA) is 23.8 Å². The molecule has 0 heterocycles. The molecular formula is C8H16N. The van der Waals surface area contributed by atoms with Crippen LogP contribution in [0.15, 0.2) is 0 Å². The van der Waals surface area contributed by atoms with Gasteiger partial charge in [0.2, 0.25) is 0 Å². The van der Waals surface area contributed by atoms with E-state index in [-0.39, 0.29) is 6.04 Å². The van der Waals surface area contributed by atoms with Crippen molar-refractivity contribution in [2.45, 2.75) is 39.7 Å². The molecule has 0 aromatic carbocycles. The Bertz CT molecular complexity index is 95.6. The summed E-state index contributed by atoms with van der Waals surface area (Å²) in [6.07, 6.45) is 2.26. The minimum atomic E-state index is 0.259. The second-order valence-electron chi connectivity index (χ2n) is 4.23. The summed E-state index contributed by atoms with van der Waals surface area (Å²) in [5.41, 5.74) is 7.78. The van der Waals surface area contributed by atoms with Gasteiger partial charge in [-0.25, -0.2) is 0 Å². The van der Waals surface area contributed by atoms with E-state index >= 15 is 0 Å². The van der Waals surface area contributed by atoms with Gasteiger partial charge in [-0.05, 0) is 24.2 Å². The van der Waals surface area contributed by atoms with E-state index in [0.717, 1.165) is 18.8 Å². The first-order valence-corrected chi connectivity index (χ1v) is 3.71. The first kappa shape index (κ1) is 7.07. The van der Waals surface area contributed by atoms with Gasteiger partial charge in [0.25, 0.3) is 0 Å². The zero-order valence-electron chi connectivity index (χ0n) is 6.57. The summed E-state index contributed by atoms with van der Waals surface area (Å²) in [4.78, 5) is 0. The molecule has 1 N–H and O–H groups in total.